The summed E-state index contributed by atoms with van der Waals surface area (Å²) in [6, 6.07) is 64.2. The Morgan fingerprint density at radius 1 is 0.276 bits per heavy atom. The molecule has 0 aliphatic carbocycles. The molecule has 12 rings (SSSR count). The summed E-state index contributed by atoms with van der Waals surface area (Å²) in [5.74, 6) is 1.94. The first-order chi connectivity index (χ1) is 28.7. The highest BCUT2D eigenvalue weighted by atomic mass is 32.1. The Morgan fingerprint density at radius 3 is 1.52 bits per heavy atom. The molecule has 0 bridgehead atoms. The Balaban J connectivity index is 1.05. The maximum Gasteiger partial charge on any atom is 0.164 e. The highest BCUT2D eigenvalue weighted by molar-refractivity contribution is 7.26. The lowest BCUT2D eigenvalue weighted by Gasteiger charge is -2.15. The van der Waals surface area contributed by atoms with Crippen LogP contribution in [0.25, 0.3) is 119 Å². The molecule has 0 fully saturated rings. The van der Waals surface area contributed by atoms with E-state index in [1.54, 1.807) is 11.3 Å². The fraction of sp³-hybridized carbons (Fsp3) is 0. The first-order valence-corrected chi connectivity index (χ1v) is 20.9. The standard InChI is InChI=1S/C52H30N4S2/c1-3-13-32(14-4-1)48-39-29-30-44-47(37-18-8-10-23-42(37)58-44)46(39)38-20-11-19-35(49(38)53-48)31-25-27-34(28-26-31)51-54-50(33-15-5-2-6-16-33)55-52(56-51)40-21-12-24-43-45(40)36-17-7-9-22-41(36)57-43/h1-30H. The van der Waals surface area contributed by atoms with Crippen molar-refractivity contribution in [2.24, 2.45) is 0 Å². The molecule has 0 spiro atoms. The van der Waals surface area contributed by atoms with Crippen molar-refractivity contribution in [1.29, 1.82) is 0 Å². The van der Waals surface area contributed by atoms with Gasteiger partial charge in [0, 0.05) is 84.3 Å². The number of benzene rings is 8. The maximum absolute atomic E-state index is 5.51. The third kappa shape index (κ3) is 5.27. The Bertz CT molecular complexity index is 3560. The second kappa shape index (κ2) is 13.2. The molecule has 4 heterocycles. The Hall–Kier alpha value is -7.12. The molecule has 0 amide bonds. The largest absolute Gasteiger partial charge is 0.246 e. The van der Waals surface area contributed by atoms with Gasteiger partial charge in [-0.1, -0.05) is 158 Å². The summed E-state index contributed by atoms with van der Waals surface area (Å²) in [6.45, 7) is 0. The van der Waals surface area contributed by atoms with Crippen molar-refractivity contribution in [1.82, 2.24) is 19.9 Å². The summed E-state index contributed by atoms with van der Waals surface area (Å²) >= 11 is 3.65. The molecule has 0 saturated carbocycles. The van der Waals surface area contributed by atoms with Crippen LogP contribution >= 0.6 is 22.7 Å². The van der Waals surface area contributed by atoms with Gasteiger partial charge in [0.2, 0.25) is 0 Å². The van der Waals surface area contributed by atoms with Gasteiger partial charge in [0.05, 0.1) is 11.2 Å². The minimum Gasteiger partial charge on any atom is -0.246 e. The van der Waals surface area contributed by atoms with Crippen molar-refractivity contribution in [2.75, 3.05) is 0 Å². The summed E-state index contributed by atoms with van der Waals surface area (Å²) in [4.78, 5) is 20.9. The lowest BCUT2D eigenvalue weighted by molar-refractivity contribution is 1.08. The molecule has 0 aliphatic heterocycles. The van der Waals surface area contributed by atoms with Gasteiger partial charge in [0.15, 0.2) is 17.5 Å². The number of para-hydroxylation sites is 1. The highest BCUT2D eigenvalue weighted by Crippen LogP contribution is 2.45. The second-order valence-corrected chi connectivity index (χ2v) is 16.7. The first-order valence-electron chi connectivity index (χ1n) is 19.3. The molecule has 8 aromatic carbocycles. The van der Waals surface area contributed by atoms with E-state index in [9.17, 15) is 0 Å². The summed E-state index contributed by atoms with van der Waals surface area (Å²) in [5.41, 5.74) is 8.10. The van der Waals surface area contributed by atoms with Gasteiger partial charge in [-0.3, -0.25) is 0 Å². The van der Waals surface area contributed by atoms with Crippen molar-refractivity contribution in [2.45, 2.75) is 0 Å². The van der Waals surface area contributed by atoms with Crippen molar-refractivity contribution in [3.8, 4) is 56.5 Å². The van der Waals surface area contributed by atoms with E-state index < -0.39 is 0 Å². The third-order valence-corrected chi connectivity index (χ3v) is 13.4. The highest BCUT2D eigenvalue weighted by Gasteiger charge is 2.20. The lowest BCUT2D eigenvalue weighted by atomic mass is 9.93. The molecule has 58 heavy (non-hydrogen) atoms. The second-order valence-electron chi connectivity index (χ2n) is 14.5. The van der Waals surface area contributed by atoms with Gasteiger partial charge in [-0.25, -0.2) is 19.9 Å². The van der Waals surface area contributed by atoms with E-state index in [2.05, 4.69) is 164 Å². The molecule has 0 aliphatic rings. The van der Waals surface area contributed by atoms with Gasteiger partial charge in [0.1, 0.15) is 0 Å². The third-order valence-electron chi connectivity index (χ3n) is 11.1. The van der Waals surface area contributed by atoms with Crippen LogP contribution in [-0.2, 0) is 0 Å². The Kier molecular flexibility index (Phi) is 7.55. The molecule has 12 aromatic rings. The van der Waals surface area contributed by atoms with E-state index in [1.807, 2.05) is 29.5 Å². The number of rotatable bonds is 5. The summed E-state index contributed by atoms with van der Waals surface area (Å²) in [6.07, 6.45) is 0. The number of pyridine rings is 1. The fourth-order valence-electron chi connectivity index (χ4n) is 8.48. The number of hydrogen-bond donors (Lipinski definition) is 0. The van der Waals surface area contributed by atoms with E-state index in [4.69, 9.17) is 19.9 Å². The van der Waals surface area contributed by atoms with E-state index in [-0.39, 0.29) is 0 Å². The van der Waals surface area contributed by atoms with E-state index in [0.29, 0.717) is 17.5 Å². The average molecular weight is 775 g/mol. The smallest absolute Gasteiger partial charge is 0.164 e. The number of thiophene rings is 2. The summed E-state index contributed by atoms with van der Waals surface area (Å²) in [7, 11) is 0. The van der Waals surface area contributed by atoms with Crippen LogP contribution < -0.4 is 0 Å². The molecular weight excluding hydrogens is 745 g/mol. The molecular formula is C52H30N4S2. The number of nitrogens with zero attached hydrogens (tertiary/aromatic N) is 4. The molecule has 0 atom stereocenters. The van der Waals surface area contributed by atoms with Crippen LogP contribution in [0, 0.1) is 0 Å². The number of fused-ring (bicyclic) bond motifs is 10. The van der Waals surface area contributed by atoms with Gasteiger partial charge in [0.25, 0.3) is 0 Å². The fourth-order valence-corrected chi connectivity index (χ4v) is 10.7. The SMILES string of the molecule is c1ccc(-c2nc(-c3ccc(-c4cccc5c4nc(-c4ccccc4)c4ccc6sc7ccccc7c6c45)cc3)nc(-c3cccc4sc5ccccc5c34)n2)cc1. The van der Waals surface area contributed by atoms with Gasteiger partial charge < -0.3 is 0 Å². The van der Waals surface area contributed by atoms with Crippen molar-refractivity contribution in [3.05, 3.63) is 182 Å². The van der Waals surface area contributed by atoms with Crippen LogP contribution in [0.1, 0.15) is 0 Å². The zero-order valence-electron chi connectivity index (χ0n) is 30.9. The Labute approximate surface area is 341 Å². The predicted molar refractivity (Wildman–Crippen MR) is 246 cm³/mol. The monoisotopic (exact) mass is 774 g/mol. The van der Waals surface area contributed by atoms with E-state index in [1.165, 1.54) is 45.7 Å². The zero-order valence-corrected chi connectivity index (χ0v) is 32.6. The molecule has 0 saturated heterocycles. The van der Waals surface area contributed by atoms with Crippen molar-refractivity contribution < 1.29 is 0 Å². The zero-order chi connectivity index (χ0) is 38.2. The van der Waals surface area contributed by atoms with Crippen molar-refractivity contribution in [3.63, 3.8) is 0 Å². The molecule has 4 aromatic heterocycles. The predicted octanol–water partition coefficient (Wildman–Crippen LogP) is 14.6. The van der Waals surface area contributed by atoms with E-state index in [0.717, 1.165) is 55.4 Å². The van der Waals surface area contributed by atoms with Crippen molar-refractivity contribution >= 4 is 84.7 Å². The average Bonchev–Trinajstić information content (AvgIpc) is 3.88. The first kappa shape index (κ1) is 33.1. The summed E-state index contributed by atoms with van der Waals surface area (Å²) in [5, 5.41) is 8.52. The lowest BCUT2D eigenvalue weighted by Crippen LogP contribution is -2.00. The van der Waals surface area contributed by atoms with Crippen LogP contribution in [0.3, 0.4) is 0 Å². The summed E-state index contributed by atoms with van der Waals surface area (Å²) < 4.78 is 5.04. The van der Waals surface area contributed by atoms with E-state index >= 15 is 0 Å². The minimum absolute atomic E-state index is 0.632. The van der Waals surface area contributed by atoms with Crippen LogP contribution in [0.2, 0.25) is 0 Å². The van der Waals surface area contributed by atoms with Gasteiger partial charge in [-0.2, -0.15) is 0 Å². The maximum atomic E-state index is 5.51. The molecule has 0 unspecified atom stereocenters. The Morgan fingerprint density at radius 2 is 0.793 bits per heavy atom. The molecule has 0 N–H and O–H groups in total. The van der Waals surface area contributed by atoms with Crippen LogP contribution in [-0.4, -0.2) is 19.9 Å². The van der Waals surface area contributed by atoms with Gasteiger partial charge in [-0.15, -0.1) is 22.7 Å². The molecule has 270 valence electrons. The quantitative estimate of drug-likeness (QED) is 0.163. The topological polar surface area (TPSA) is 51.6 Å². The van der Waals surface area contributed by atoms with Gasteiger partial charge in [-0.05, 0) is 29.8 Å². The molecule has 0 radical (unpaired) electrons. The van der Waals surface area contributed by atoms with Gasteiger partial charge >= 0.3 is 0 Å². The number of aromatic nitrogens is 4. The normalized spacial score (nSPS) is 11.8. The van der Waals surface area contributed by atoms with Crippen LogP contribution in [0.5, 0.6) is 0 Å². The van der Waals surface area contributed by atoms with Crippen LogP contribution in [0.4, 0.5) is 0 Å². The minimum atomic E-state index is 0.632. The van der Waals surface area contributed by atoms with Crippen LogP contribution in [0.15, 0.2) is 182 Å². The number of hydrogen-bond acceptors (Lipinski definition) is 6. The molecule has 4 nitrogen and oxygen atoms in total. The molecule has 6 heteroatoms.